The van der Waals surface area contributed by atoms with E-state index < -0.39 is 21.9 Å². The lowest BCUT2D eigenvalue weighted by Crippen LogP contribution is -2.35. The van der Waals surface area contributed by atoms with E-state index in [1.807, 2.05) is 0 Å². The summed E-state index contributed by atoms with van der Waals surface area (Å²) >= 11 is 0. The smallest absolute Gasteiger partial charge is 0.307 e. The van der Waals surface area contributed by atoms with Crippen LogP contribution in [0.3, 0.4) is 0 Å². The Bertz CT molecular complexity index is 301. The molecule has 0 aliphatic heterocycles. The van der Waals surface area contributed by atoms with Crippen LogP contribution in [0.5, 0.6) is 0 Å². The highest BCUT2D eigenvalue weighted by molar-refractivity contribution is 7.89. The van der Waals surface area contributed by atoms with E-state index in [0.29, 0.717) is 13.0 Å². The number of nitrogens with one attached hydrogen (secondary N) is 1. The molecule has 96 valence electrons. The van der Waals surface area contributed by atoms with Gasteiger partial charge in [0.2, 0.25) is 10.0 Å². The molecule has 6 nitrogen and oxygen atoms in total. The van der Waals surface area contributed by atoms with E-state index in [0.717, 1.165) is 0 Å². The van der Waals surface area contributed by atoms with E-state index >= 15 is 0 Å². The summed E-state index contributed by atoms with van der Waals surface area (Å²) in [6.07, 6.45) is 0.392. The van der Waals surface area contributed by atoms with Gasteiger partial charge in [-0.25, -0.2) is 13.1 Å². The van der Waals surface area contributed by atoms with Crippen molar-refractivity contribution in [3.05, 3.63) is 0 Å². The summed E-state index contributed by atoms with van der Waals surface area (Å²) in [6.45, 7) is 3.99. The molecule has 0 saturated heterocycles. The molecule has 7 heteroatoms. The molecule has 0 heterocycles. The Labute approximate surface area is 96.0 Å². The average Bonchev–Trinajstić information content (AvgIpc) is 2.18. The fraction of sp³-hybridized carbons (Fsp3) is 0.889. The molecule has 2 N–H and O–H groups in total. The van der Waals surface area contributed by atoms with Crippen LogP contribution in [-0.4, -0.2) is 45.0 Å². The second-order valence-electron chi connectivity index (χ2n) is 3.31. The molecule has 0 amide bonds. The fourth-order valence-electron chi connectivity index (χ4n) is 1.02. The summed E-state index contributed by atoms with van der Waals surface area (Å²) in [5.74, 6) is -1.81. The van der Waals surface area contributed by atoms with Crippen molar-refractivity contribution in [1.82, 2.24) is 4.72 Å². The third kappa shape index (κ3) is 6.76. The van der Waals surface area contributed by atoms with Crippen molar-refractivity contribution in [2.75, 3.05) is 25.5 Å². The van der Waals surface area contributed by atoms with Crippen LogP contribution in [0.2, 0.25) is 0 Å². The van der Waals surface area contributed by atoms with Crippen molar-refractivity contribution < 1.29 is 23.1 Å². The number of hydrogen-bond donors (Lipinski definition) is 2. The van der Waals surface area contributed by atoms with Gasteiger partial charge in [0.15, 0.2) is 0 Å². The molecule has 0 radical (unpaired) electrons. The van der Waals surface area contributed by atoms with Gasteiger partial charge in [-0.1, -0.05) is 6.92 Å². The number of carboxylic acid groups (broad SMARTS) is 1. The zero-order valence-electron chi connectivity index (χ0n) is 9.60. The molecule has 0 aromatic heterocycles. The van der Waals surface area contributed by atoms with E-state index in [1.54, 1.807) is 13.8 Å². The predicted molar refractivity (Wildman–Crippen MR) is 59.7 cm³/mol. The van der Waals surface area contributed by atoms with Crippen molar-refractivity contribution in [2.24, 2.45) is 5.92 Å². The summed E-state index contributed by atoms with van der Waals surface area (Å²) in [5.41, 5.74) is 0. The second kappa shape index (κ2) is 7.59. The first-order valence-electron chi connectivity index (χ1n) is 5.20. The van der Waals surface area contributed by atoms with Crippen molar-refractivity contribution in [3.63, 3.8) is 0 Å². The topological polar surface area (TPSA) is 92.7 Å². The van der Waals surface area contributed by atoms with Crippen LogP contribution >= 0.6 is 0 Å². The van der Waals surface area contributed by atoms with Crippen LogP contribution in [0.25, 0.3) is 0 Å². The van der Waals surface area contributed by atoms with Gasteiger partial charge in [0.1, 0.15) is 0 Å². The number of rotatable bonds is 9. The Balaban J connectivity index is 4.02. The average molecular weight is 253 g/mol. The molecule has 0 aliphatic carbocycles. The predicted octanol–water partition coefficient (Wildman–Crippen LogP) is 0.0531. The number of aliphatic carboxylic acids is 1. The number of sulfonamides is 1. The Hall–Kier alpha value is -0.660. The van der Waals surface area contributed by atoms with Gasteiger partial charge in [-0.3, -0.25) is 4.79 Å². The summed E-state index contributed by atoms with van der Waals surface area (Å²) < 4.78 is 29.9. The molecule has 0 fully saturated rings. The molecule has 0 saturated carbocycles. The van der Waals surface area contributed by atoms with Gasteiger partial charge < -0.3 is 9.84 Å². The first kappa shape index (κ1) is 15.3. The van der Waals surface area contributed by atoms with Gasteiger partial charge in [-0.05, 0) is 13.3 Å². The Morgan fingerprint density at radius 1 is 1.44 bits per heavy atom. The Kier molecular flexibility index (Phi) is 7.27. The van der Waals surface area contributed by atoms with E-state index in [1.165, 1.54) is 0 Å². The summed E-state index contributed by atoms with van der Waals surface area (Å²) in [7, 11) is -3.43. The Morgan fingerprint density at radius 3 is 2.50 bits per heavy atom. The summed E-state index contributed by atoms with van der Waals surface area (Å²) in [4.78, 5) is 10.6. The van der Waals surface area contributed by atoms with Crippen LogP contribution < -0.4 is 4.72 Å². The van der Waals surface area contributed by atoms with E-state index in [4.69, 9.17) is 9.84 Å². The van der Waals surface area contributed by atoms with Crippen molar-refractivity contribution in [1.29, 1.82) is 0 Å². The number of hydrogen-bond acceptors (Lipinski definition) is 4. The zero-order chi connectivity index (χ0) is 12.6. The Morgan fingerprint density at radius 2 is 2.06 bits per heavy atom. The number of ether oxygens (including phenoxy) is 1. The minimum absolute atomic E-state index is 0.0692. The summed E-state index contributed by atoms with van der Waals surface area (Å²) in [5, 5.41) is 8.72. The van der Waals surface area contributed by atoms with Crippen LogP contribution in [0.4, 0.5) is 0 Å². The summed E-state index contributed by atoms with van der Waals surface area (Å²) in [6, 6.07) is 0. The second-order valence-corrected chi connectivity index (χ2v) is 5.23. The van der Waals surface area contributed by atoms with Gasteiger partial charge >= 0.3 is 5.97 Å². The molecule has 0 bridgehead atoms. The number of carbonyl (C=O) groups is 1. The quantitative estimate of drug-likeness (QED) is 0.566. The highest BCUT2D eigenvalue weighted by atomic mass is 32.2. The first-order valence-corrected chi connectivity index (χ1v) is 6.86. The van der Waals surface area contributed by atoms with Crippen molar-refractivity contribution in [2.45, 2.75) is 20.3 Å². The lowest BCUT2D eigenvalue weighted by Gasteiger charge is -2.11. The van der Waals surface area contributed by atoms with Crippen LogP contribution in [-0.2, 0) is 19.6 Å². The van der Waals surface area contributed by atoms with E-state index in [2.05, 4.69) is 4.72 Å². The monoisotopic (exact) mass is 253 g/mol. The standard InChI is InChI=1S/C9H19NO5S/c1-3-8(9(11)12)7-10-16(13,14)6-5-15-4-2/h8,10H,3-7H2,1-2H3,(H,11,12). The lowest BCUT2D eigenvalue weighted by molar-refractivity contribution is -0.141. The third-order valence-corrected chi connectivity index (χ3v) is 3.40. The van der Waals surface area contributed by atoms with Crippen LogP contribution in [0.1, 0.15) is 20.3 Å². The highest BCUT2D eigenvalue weighted by Crippen LogP contribution is 2.01. The van der Waals surface area contributed by atoms with Gasteiger partial charge in [0, 0.05) is 13.2 Å². The molecule has 0 aliphatic rings. The molecule has 0 spiro atoms. The van der Waals surface area contributed by atoms with E-state index in [-0.39, 0.29) is 18.9 Å². The molecular weight excluding hydrogens is 234 g/mol. The number of carboxylic acids is 1. The third-order valence-electron chi connectivity index (χ3n) is 2.09. The maximum Gasteiger partial charge on any atom is 0.307 e. The highest BCUT2D eigenvalue weighted by Gasteiger charge is 2.18. The zero-order valence-corrected chi connectivity index (χ0v) is 10.4. The largest absolute Gasteiger partial charge is 0.481 e. The molecular formula is C9H19NO5S. The molecule has 0 rings (SSSR count). The van der Waals surface area contributed by atoms with Crippen LogP contribution in [0.15, 0.2) is 0 Å². The fourth-order valence-corrected chi connectivity index (χ4v) is 1.96. The first-order chi connectivity index (χ1) is 7.43. The lowest BCUT2D eigenvalue weighted by atomic mass is 10.1. The maximum absolute atomic E-state index is 11.4. The van der Waals surface area contributed by atoms with Gasteiger partial charge in [0.05, 0.1) is 18.3 Å². The van der Waals surface area contributed by atoms with E-state index in [9.17, 15) is 13.2 Å². The van der Waals surface area contributed by atoms with Crippen molar-refractivity contribution >= 4 is 16.0 Å². The SMILES string of the molecule is CCOCCS(=O)(=O)NCC(CC)C(=O)O. The van der Waals surface area contributed by atoms with Gasteiger partial charge in [-0.2, -0.15) is 0 Å². The molecule has 0 aromatic carbocycles. The van der Waals surface area contributed by atoms with Crippen molar-refractivity contribution in [3.8, 4) is 0 Å². The normalized spacial score (nSPS) is 13.6. The van der Waals surface area contributed by atoms with Crippen LogP contribution in [0, 0.1) is 5.92 Å². The maximum atomic E-state index is 11.4. The molecule has 1 atom stereocenters. The minimum Gasteiger partial charge on any atom is -0.481 e. The molecule has 16 heavy (non-hydrogen) atoms. The van der Waals surface area contributed by atoms with Gasteiger partial charge in [-0.15, -0.1) is 0 Å². The minimum atomic E-state index is -3.43. The molecule has 0 aromatic rings. The molecule has 1 unspecified atom stereocenters. The van der Waals surface area contributed by atoms with Gasteiger partial charge in [0.25, 0.3) is 0 Å².